The molecule has 0 amide bonds. The molecule has 0 spiro atoms. The van der Waals surface area contributed by atoms with Gasteiger partial charge in [0.25, 0.3) is 0 Å². The molecule has 1 atom stereocenters. The van der Waals surface area contributed by atoms with Crippen LogP contribution < -0.4 is 5.32 Å². The summed E-state index contributed by atoms with van der Waals surface area (Å²) in [6.45, 7) is 7.56. The van der Waals surface area contributed by atoms with Crippen molar-refractivity contribution in [1.82, 2.24) is 25.2 Å². The molecule has 0 radical (unpaired) electrons. The van der Waals surface area contributed by atoms with E-state index in [9.17, 15) is 0 Å². The van der Waals surface area contributed by atoms with E-state index in [2.05, 4.69) is 41.3 Å². The van der Waals surface area contributed by atoms with Crippen LogP contribution in [-0.4, -0.2) is 32.5 Å². The van der Waals surface area contributed by atoms with E-state index in [1.165, 1.54) is 0 Å². The molecule has 0 aromatic carbocycles. The van der Waals surface area contributed by atoms with Crippen LogP contribution in [0.3, 0.4) is 0 Å². The van der Waals surface area contributed by atoms with Gasteiger partial charge in [0.1, 0.15) is 5.69 Å². The van der Waals surface area contributed by atoms with E-state index < -0.39 is 0 Å². The van der Waals surface area contributed by atoms with Gasteiger partial charge >= 0.3 is 0 Å². The Hall–Kier alpha value is -1.69. The zero-order chi connectivity index (χ0) is 14.5. The first-order valence-electron chi connectivity index (χ1n) is 7.16. The van der Waals surface area contributed by atoms with Gasteiger partial charge in [-0.3, -0.25) is 4.68 Å². The van der Waals surface area contributed by atoms with Gasteiger partial charge in [0, 0.05) is 25.7 Å². The third-order valence-electron chi connectivity index (χ3n) is 3.27. The van der Waals surface area contributed by atoms with Crippen molar-refractivity contribution >= 4 is 0 Å². The van der Waals surface area contributed by atoms with E-state index in [1.54, 1.807) is 4.68 Å². The minimum atomic E-state index is 0.354. The molecule has 6 nitrogen and oxygen atoms in total. The highest BCUT2D eigenvalue weighted by Gasteiger charge is 2.18. The number of hydrogen-bond acceptors (Lipinski definition) is 5. The smallest absolute Gasteiger partial charge is 0.228 e. The molecule has 2 aromatic rings. The molecule has 1 unspecified atom stereocenters. The predicted octanol–water partition coefficient (Wildman–Crippen LogP) is 2.04. The highest BCUT2D eigenvalue weighted by molar-refractivity contribution is 5.46. The molecular weight excluding hydrogens is 254 g/mol. The highest BCUT2D eigenvalue weighted by atomic mass is 16.5. The molecule has 0 saturated carbocycles. The first kappa shape index (κ1) is 14.7. The van der Waals surface area contributed by atoms with E-state index in [-0.39, 0.29) is 0 Å². The minimum absolute atomic E-state index is 0.354. The quantitative estimate of drug-likeness (QED) is 0.838. The monoisotopic (exact) mass is 277 g/mol. The summed E-state index contributed by atoms with van der Waals surface area (Å²) >= 11 is 0. The maximum Gasteiger partial charge on any atom is 0.228 e. The van der Waals surface area contributed by atoms with Gasteiger partial charge in [-0.15, -0.1) is 0 Å². The largest absolute Gasteiger partial charge is 0.339 e. The van der Waals surface area contributed by atoms with Crippen molar-refractivity contribution in [2.75, 3.05) is 6.54 Å². The summed E-state index contributed by atoms with van der Waals surface area (Å²) in [6, 6.07) is 2.23. The van der Waals surface area contributed by atoms with Crippen LogP contribution in [0, 0.1) is 5.92 Å². The fourth-order valence-electron chi connectivity index (χ4n) is 2.04. The van der Waals surface area contributed by atoms with Crippen molar-refractivity contribution in [2.45, 2.75) is 39.7 Å². The minimum Gasteiger partial charge on any atom is -0.339 e. The summed E-state index contributed by atoms with van der Waals surface area (Å²) in [5.41, 5.74) is 0.741. The van der Waals surface area contributed by atoms with Gasteiger partial charge in [-0.1, -0.05) is 25.9 Å². The average Bonchev–Trinajstić information content (AvgIpc) is 3.02. The summed E-state index contributed by atoms with van der Waals surface area (Å²) in [4.78, 5) is 4.43. The lowest BCUT2D eigenvalue weighted by molar-refractivity contribution is 0.326. The van der Waals surface area contributed by atoms with Gasteiger partial charge in [-0.05, 0) is 24.9 Å². The number of nitrogens with zero attached hydrogens (tertiary/aromatic N) is 4. The summed E-state index contributed by atoms with van der Waals surface area (Å²) in [6.07, 6.45) is 3.73. The van der Waals surface area contributed by atoms with Crippen LogP contribution in [0.4, 0.5) is 0 Å². The molecule has 0 aliphatic heterocycles. The van der Waals surface area contributed by atoms with E-state index in [1.807, 2.05) is 19.3 Å². The van der Waals surface area contributed by atoms with Gasteiger partial charge in [-0.2, -0.15) is 10.1 Å². The second kappa shape index (κ2) is 6.65. The normalized spacial score (nSPS) is 13.1. The van der Waals surface area contributed by atoms with Crippen LogP contribution in [0.25, 0.3) is 11.5 Å². The fraction of sp³-hybridized carbons (Fsp3) is 0.643. The average molecular weight is 277 g/mol. The Morgan fingerprint density at radius 2 is 2.20 bits per heavy atom. The van der Waals surface area contributed by atoms with Crippen LogP contribution in [0.5, 0.6) is 0 Å². The Balaban J connectivity index is 2.04. The number of rotatable bonds is 7. The van der Waals surface area contributed by atoms with Crippen LogP contribution >= 0.6 is 0 Å². The fourth-order valence-corrected chi connectivity index (χ4v) is 2.04. The Kier molecular flexibility index (Phi) is 4.89. The van der Waals surface area contributed by atoms with Crippen LogP contribution in [0.15, 0.2) is 16.8 Å². The molecule has 0 bridgehead atoms. The molecule has 0 fully saturated rings. The Morgan fingerprint density at radius 3 is 2.80 bits per heavy atom. The zero-order valence-electron chi connectivity index (χ0n) is 12.6. The first-order valence-corrected chi connectivity index (χ1v) is 7.16. The molecule has 6 heteroatoms. The molecule has 110 valence electrons. The predicted molar refractivity (Wildman–Crippen MR) is 77.1 cm³/mol. The van der Waals surface area contributed by atoms with Crippen molar-refractivity contribution in [1.29, 1.82) is 0 Å². The second-order valence-electron chi connectivity index (χ2n) is 5.40. The number of aryl methyl sites for hydroxylation is 1. The Morgan fingerprint density at radius 1 is 1.40 bits per heavy atom. The number of hydrogen-bond donors (Lipinski definition) is 1. The summed E-state index contributed by atoms with van der Waals surface area (Å²) in [7, 11) is 1.87. The number of nitrogens with one attached hydrogen (secondary N) is 1. The van der Waals surface area contributed by atoms with Gasteiger partial charge in [0.15, 0.2) is 0 Å². The standard InChI is InChI=1S/C14H23N5O/c1-5-7-15-12(10(2)3)9-13-16-14(18-20-13)11-6-8-19(4)17-11/h6,8,10,12,15H,5,7,9H2,1-4H3. The highest BCUT2D eigenvalue weighted by Crippen LogP contribution is 2.15. The third-order valence-corrected chi connectivity index (χ3v) is 3.27. The maximum absolute atomic E-state index is 5.34. The van der Waals surface area contributed by atoms with Crippen molar-refractivity contribution in [3.63, 3.8) is 0 Å². The molecule has 2 heterocycles. The van der Waals surface area contributed by atoms with Crippen molar-refractivity contribution in [3.8, 4) is 11.5 Å². The van der Waals surface area contributed by atoms with Gasteiger partial charge in [0.2, 0.25) is 11.7 Å². The Labute approximate surface area is 119 Å². The lowest BCUT2D eigenvalue weighted by atomic mass is 10.0. The van der Waals surface area contributed by atoms with E-state index >= 15 is 0 Å². The summed E-state index contributed by atoms with van der Waals surface area (Å²) in [5.74, 6) is 1.73. The lowest BCUT2D eigenvalue weighted by Gasteiger charge is -2.20. The topological polar surface area (TPSA) is 68.8 Å². The molecule has 0 saturated heterocycles. The van der Waals surface area contributed by atoms with E-state index in [0.717, 1.165) is 25.1 Å². The zero-order valence-corrected chi connectivity index (χ0v) is 12.6. The molecule has 0 aliphatic carbocycles. The first-order chi connectivity index (χ1) is 9.60. The van der Waals surface area contributed by atoms with Crippen LogP contribution in [0.1, 0.15) is 33.1 Å². The molecule has 1 N–H and O–H groups in total. The van der Waals surface area contributed by atoms with E-state index in [4.69, 9.17) is 4.52 Å². The molecular formula is C14H23N5O. The van der Waals surface area contributed by atoms with E-state index in [0.29, 0.717) is 23.7 Å². The molecule has 2 aromatic heterocycles. The summed E-state index contributed by atoms with van der Waals surface area (Å²) < 4.78 is 7.07. The maximum atomic E-state index is 5.34. The lowest BCUT2D eigenvalue weighted by Crippen LogP contribution is -2.36. The molecule has 2 rings (SSSR count). The van der Waals surface area contributed by atoms with Crippen LogP contribution in [-0.2, 0) is 13.5 Å². The molecule has 20 heavy (non-hydrogen) atoms. The van der Waals surface area contributed by atoms with Gasteiger partial charge < -0.3 is 9.84 Å². The van der Waals surface area contributed by atoms with Crippen molar-refractivity contribution < 1.29 is 4.52 Å². The van der Waals surface area contributed by atoms with Crippen LogP contribution in [0.2, 0.25) is 0 Å². The second-order valence-corrected chi connectivity index (χ2v) is 5.40. The Bertz CT molecular complexity index is 531. The summed E-state index contributed by atoms with van der Waals surface area (Å²) in [5, 5.41) is 11.8. The molecule has 0 aliphatic rings. The third kappa shape index (κ3) is 3.66. The van der Waals surface area contributed by atoms with Gasteiger partial charge in [0.05, 0.1) is 0 Å². The van der Waals surface area contributed by atoms with Crippen molar-refractivity contribution in [2.24, 2.45) is 13.0 Å². The van der Waals surface area contributed by atoms with Gasteiger partial charge in [-0.25, -0.2) is 0 Å². The number of aromatic nitrogens is 4. The SMILES string of the molecule is CCCNC(Cc1nc(-c2ccn(C)n2)no1)C(C)C. The van der Waals surface area contributed by atoms with Crippen molar-refractivity contribution in [3.05, 3.63) is 18.2 Å².